The first-order valence-corrected chi connectivity index (χ1v) is 6.67. The Balaban J connectivity index is 2.34. The van der Waals surface area contributed by atoms with Crippen molar-refractivity contribution in [1.29, 1.82) is 0 Å². The molecular weight excluding hydrogens is 245 g/mol. The van der Waals surface area contributed by atoms with E-state index in [2.05, 4.69) is 19.1 Å². The van der Waals surface area contributed by atoms with E-state index in [9.17, 15) is 4.39 Å². The molecular formula is C15H16FNS. The maximum absolute atomic E-state index is 13.2. The Hall–Kier alpha value is -1.32. The van der Waals surface area contributed by atoms with E-state index >= 15 is 0 Å². The molecule has 3 heteroatoms. The summed E-state index contributed by atoms with van der Waals surface area (Å²) < 4.78 is 13.2. The third kappa shape index (κ3) is 3.12. The normalized spacial score (nSPS) is 12.4. The second-order valence-corrected chi connectivity index (χ2v) is 5.50. The van der Waals surface area contributed by atoms with Gasteiger partial charge in [0, 0.05) is 15.8 Å². The van der Waals surface area contributed by atoms with Crippen LogP contribution in [-0.4, -0.2) is 0 Å². The minimum absolute atomic E-state index is 0.173. The quantitative estimate of drug-likeness (QED) is 0.891. The zero-order chi connectivity index (χ0) is 13.1. The highest BCUT2D eigenvalue weighted by molar-refractivity contribution is 7.99. The molecule has 94 valence electrons. The van der Waals surface area contributed by atoms with Crippen LogP contribution in [0.2, 0.25) is 0 Å². The number of hydrogen-bond acceptors (Lipinski definition) is 2. The lowest BCUT2D eigenvalue weighted by Crippen LogP contribution is -2.06. The molecule has 0 aliphatic carbocycles. The molecule has 0 fully saturated rings. The molecule has 0 aliphatic rings. The number of aryl methyl sites for hydroxylation is 1. The fourth-order valence-corrected chi connectivity index (χ4v) is 2.92. The number of halogens is 1. The molecule has 0 saturated carbocycles. The first-order chi connectivity index (χ1) is 8.56. The number of rotatable bonds is 3. The van der Waals surface area contributed by atoms with Gasteiger partial charge in [-0.3, -0.25) is 0 Å². The van der Waals surface area contributed by atoms with Gasteiger partial charge in [-0.2, -0.15) is 0 Å². The summed E-state index contributed by atoms with van der Waals surface area (Å²) in [6.45, 7) is 3.93. The average molecular weight is 261 g/mol. The molecule has 18 heavy (non-hydrogen) atoms. The summed E-state index contributed by atoms with van der Waals surface area (Å²) in [6, 6.07) is 12.8. The van der Waals surface area contributed by atoms with E-state index in [4.69, 9.17) is 5.73 Å². The minimum atomic E-state index is -0.240. The molecule has 1 atom stereocenters. The fourth-order valence-electron chi connectivity index (χ4n) is 1.77. The zero-order valence-corrected chi connectivity index (χ0v) is 11.3. The lowest BCUT2D eigenvalue weighted by molar-refractivity contribution is 0.619. The van der Waals surface area contributed by atoms with Crippen LogP contribution in [0.5, 0.6) is 0 Å². The van der Waals surface area contributed by atoms with Crippen LogP contribution in [0.15, 0.2) is 52.3 Å². The molecule has 2 rings (SSSR count). The number of nitrogens with two attached hydrogens (primary N) is 1. The van der Waals surface area contributed by atoms with Crippen molar-refractivity contribution in [2.75, 3.05) is 0 Å². The molecule has 0 heterocycles. The summed E-state index contributed by atoms with van der Waals surface area (Å²) >= 11 is 1.62. The van der Waals surface area contributed by atoms with E-state index in [1.165, 1.54) is 17.7 Å². The van der Waals surface area contributed by atoms with Crippen molar-refractivity contribution >= 4 is 11.8 Å². The predicted molar refractivity (Wildman–Crippen MR) is 74.3 cm³/mol. The van der Waals surface area contributed by atoms with Gasteiger partial charge in [-0.1, -0.05) is 29.5 Å². The molecule has 2 N–H and O–H groups in total. The summed E-state index contributed by atoms with van der Waals surface area (Å²) in [7, 11) is 0. The van der Waals surface area contributed by atoms with Gasteiger partial charge < -0.3 is 5.73 Å². The topological polar surface area (TPSA) is 26.0 Å². The standard InChI is InChI=1S/C15H16FNS/c1-10-4-3-5-13(8-10)18-15-7-6-12(16)9-14(15)11(2)17/h3-9,11H,17H2,1-2H3/t11-/m0/s1. The van der Waals surface area contributed by atoms with Crippen molar-refractivity contribution in [3.05, 3.63) is 59.4 Å². The van der Waals surface area contributed by atoms with Crippen molar-refractivity contribution in [2.45, 2.75) is 29.7 Å². The fraction of sp³-hybridized carbons (Fsp3) is 0.200. The summed E-state index contributed by atoms with van der Waals surface area (Å²) in [5, 5.41) is 0. The SMILES string of the molecule is Cc1cccc(Sc2ccc(F)cc2[C@H](C)N)c1. The maximum atomic E-state index is 13.2. The Morgan fingerprint density at radius 2 is 1.94 bits per heavy atom. The van der Waals surface area contributed by atoms with Gasteiger partial charge in [0.15, 0.2) is 0 Å². The molecule has 0 unspecified atom stereocenters. The Morgan fingerprint density at radius 3 is 2.61 bits per heavy atom. The van der Waals surface area contributed by atoms with Gasteiger partial charge in [0.25, 0.3) is 0 Å². The van der Waals surface area contributed by atoms with Gasteiger partial charge >= 0.3 is 0 Å². The highest BCUT2D eigenvalue weighted by Gasteiger charge is 2.09. The largest absolute Gasteiger partial charge is 0.324 e. The molecule has 0 bridgehead atoms. The molecule has 2 aromatic rings. The zero-order valence-electron chi connectivity index (χ0n) is 10.5. The van der Waals surface area contributed by atoms with Crippen molar-refractivity contribution in [3.8, 4) is 0 Å². The summed E-state index contributed by atoms with van der Waals surface area (Å²) in [4.78, 5) is 2.15. The molecule has 0 amide bonds. The Morgan fingerprint density at radius 1 is 1.17 bits per heavy atom. The van der Waals surface area contributed by atoms with Crippen molar-refractivity contribution in [1.82, 2.24) is 0 Å². The van der Waals surface area contributed by atoms with Crippen LogP contribution in [0.25, 0.3) is 0 Å². The van der Waals surface area contributed by atoms with Gasteiger partial charge in [-0.15, -0.1) is 0 Å². The van der Waals surface area contributed by atoms with Crippen LogP contribution in [0.4, 0.5) is 4.39 Å². The van der Waals surface area contributed by atoms with E-state index in [0.717, 1.165) is 15.4 Å². The van der Waals surface area contributed by atoms with Gasteiger partial charge in [-0.25, -0.2) is 4.39 Å². The van der Waals surface area contributed by atoms with Gasteiger partial charge in [0.05, 0.1) is 0 Å². The van der Waals surface area contributed by atoms with E-state index in [-0.39, 0.29) is 11.9 Å². The van der Waals surface area contributed by atoms with Crippen LogP contribution in [0.3, 0.4) is 0 Å². The Bertz CT molecular complexity index is 552. The predicted octanol–water partition coefficient (Wildman–Crippen LogP) is 4.31. The third-order valence-corrected chi connectivity index (χ3v) is 3.76. The number of benzene rings is 2. The van der Waals surface area contributed by atoms with Gasteiger partial charge in [0.2, 0.25) is 0 Å². The maximum Gasteiger partial charge on any atom is 0.123 e. The van der Waals surface area contributed by atoms with E-state index in [1.807, 2.05) is 19.1 Å². The van der Waals surface area contributed by atoms with Crippen molar-refractivity contribution < 1.29 is 4.39 Å². The van der Waals surface area contributed by atoms with Crippen LogP contribution >= 0.6 is 11.8 Å². The van der Waals surface area contributed by atoms with E-state index in [1.54, 1.807) is 17.8 Å². The first kappa shape index (κ1) is 13.1. The second-order valence-electron chi connectivity index (χ2n) is 4.39. The van der Waals surface area contributed by atoms with Gasteiger partial charge in [-0.05, 0) is 49.7 Å². The highest BCUT2D eigenvalue weighted by Crippen LogP contribution is 2.33. The Kier molecular flexibility index (Phi) is 4.04. The molecule has 0 saturated heterocycles. The van der Waals surface area contributed by atoms with Gasteiger partial charge in [0.1, 0.15) is 5.82 Å². The van der Waals surface area contributed by atoms with Crippen LogP contribution in [-0.2, 0) is 0 Å². The second kappa shape index (κ2) is 5.55. The highest BCUT2D eigenvalue weighted by atomic mass is 32.2. The average Bonchev–Trinajstić information content (AvgIpc) is 2.31. The van der Waals surface area contributed by atoms with Crippen molar-refractivity contribution in [2.24, 2.45) is 5.73 Å². The summed E-state index contributed by atoms with van der Waals surface area (Å²) in [5.41, 5.74) is 7.95. The Labute approximate surface area is 111 Å². The summed E-state index contributed by atoms with van der Waals surface area (Å²) in [6.07, 6.45) is 0. The molecule has 0 spiro atoms. The third-order valence-electron chi connectivity index (χ3n) is 2.68. The van der Waals surface area contributed by atoms with Crippen LogP contribution in [0.1, 0.15) is 24.1 Å². The molecule has 0 aromatic heterocycles. The summed E-state index contributed by atoms with van der Waals surface area (Å²) in [5.74, 6) is -0.240. The molecule has 2 aromatic carbocycles. The lowest BCUT2D eigenvalue weighted by atomic mass is 10.1. The minimum Gasteiger partial charge on any atom is -0.324 e. The number of hydrogen-bond donors (Lipinski definition) is 1. The van der Waals surface area contributed by atoms with Crippen molar-refractivity contribution in [3.63, 3.8) is 0 Å². The van der Waals surface area contributed by atoms with E-state index in [0.29, 0.717) is 0 Å². The molecule has 1 nitrogen and oxygen atoms in total. The smallest absolute Gasteiger partial charge is 0.123 e. The van der Waals surface area contributed by atoms with E-state index < -0.39 is 0 Å². The lowest BCUT2D eigenvalue weighted by Gasteiger charge is -2.12. The van der Waals surface area contributed by atoms with Crippen LogP contribution in [0, 0.1) is 12.7 Å². The monoisotopic (exact) mass is 261 g/mol. The molecule has 0 aliphatic heterocycles. The molecule has 0 radical (unpaired) electrons. The first-order valence-electron chi connectivity index (χ1n) is 5.86. The van der Waals surface area contributed by atoms with Crippen LogP contribution < -0.4 is 5.73 Å².